The third kappa shape index (κ3) is 2.15. The number of hydrogen-bond acceptors (Lipinski definition) is 5. The average Bonchev–Trinajstić information content (AvgIpc) is 2.79. The van der Waals surface area contributed by atoms with Crippen molar-refractivity contribution < 1.29 is 15.0 Å². The number of carbonyl (C=O) groups excluding carboxylic acids is 1. The number of rotatable bonds is 4. The van der Waals surface area contributed by atoms with E-state index in [2.05, 4.69) is 9.97 Å². The smallest absolute Gasteiger partial charge is 0.188 e. The number of hydrogen-bond donors (Lipinski definition) is 2. The van der Waals surface area contributed by atoms with Crippen molar-refractivity contribution in [3.8, 4) is 11.5 Å². The second kappa shape index (κ2) is 5.07. The predicted octanol–water partition coefficient (Wildman–Crippen LogP) is 0.149. The van der Waals surface area contributed by atoms with E-state index in [9.17, 15) is 4.79 Å². The molecule has 2 heterocycles. The van der Waals surface area contributed by atoms with Gasteiger partial charge in [0, 0.05) is 18.8 Å². The van der Waals surface area contributed by atoms with Gasteiger partial charge >= 0.3 is 0 Å². The van der Waals surface area contributed by atoms with Crippen LogP contribution in [0.25, 0.3) is 11.5 Å². The summed E-state index contributed by atoms with van der Waals surface area (Å²) in [6, 6.07) is 3.11. The van der Waals surface area contributed by atoms with Crippen LogP contribution in [-0.4, -0.2) is 37.1 Å². The van der Waals surface area contributed by atoms with Crippen LogP contribution in [0.1, 0.15) is 16.1 Å². The summed E-state index contributed by atoms with van der Waals surface area (Å²) in [4.78, 5) is 19.7. The van der Waals surface area contributed by atoms with Gasteiger partial charge in [-0.25, -0.2) is 4.98 Å². The number of imidazole rings is 1. The second-order valence-electron chi connectivity index (χ2n) is 3.80. The lowest BCUT2D eigenvalue weighted by atomic mass is 10.1. The third-order valence-electron chi connectivity index (χ3n) is 2.70. The summed E-state index contributed by atoms with van der Waals surface area (Å²) < 4.78 is 1.70. The Bertz CT molecular complexity index is 578. The molecule has 0 bridgehead atoms. The number of aliphatic hydroxyl groups excluding tert-OH is 2. The molecule has 0 aliphatic carbocycles. The van der Waals surface area contributed by atoms with Gasteiger partial charge < -0.3 is 14.8 Å². The number of Topliss-reactive ketones (excluding diaryl/α,β-unsaturated/α-hetero) is 1. The van der Waals surface area contributed by atoms with Crippen molar-refractivity contribution in [3.05, 3.63) is 35.8 Å². The fourth-order valence-corrected chi connectivity index (χ4v) is 1.65. The largest absolute Gasteiger partial charge is 0.390 e. The normalized spacial score (nSPS) is 10.6. The fourth-order valence-electron chi connectivity index (χ4n) is 1.65. The van der Waals surface area contributed by atoms with Crippen LogP contribution in [-0.2, 0) is 13.7 Å². The molecule has 18 heavy (non-hydrogen) atoms. The Hall–Kier alpha value is -2.05. The summed E-state index contributed by atoms with van der Waals surface area (Å²) >= 11 is 0. The molecule has 0 atom stereocenters. The fraction of sp³-hybridized carbons (Fsp3) is 0.250. The molecule has 0 aliphatic rings. The lowest BCUT2D eigenvalue weighted by Crippen LogP contribution is -2.06. The van der Waals surface area contributed by atoms with Gasteiger partial charge in [0.2, 0.25) is 0 Å². The van der Waals surface area contributed by atoms with Crippen LogP contribution >= 0.6 is 0 Å². The summed E-state index contributed by atoms with van der Waals surface area (Å²) in [5, 5.41) is 17.9. The van der Waals surface area contributed by atoms with Crippen LogP contribution in [0, 0.1) is 0 Å². The maximum Gasteiger partial charge on any atom is 0.188 e. The molecule has 0 saturated heterocycles. The zero-order valence-corrected chi connectivity index (χ0v) is 9.87. The van der Waals surface area contributed by atoms with E-state index in [0.717, 1.165) is 0 Å². The Morgan fingerprint density at radius 2 is 2.17 bits per heavy atom. The highest BCUT2D eigenvalue weighted by molar-refractivity contribution is 5.97. The lowest BCUT2D eigenvalue weighted by Gasteiger charge is -2.04. The Morgan fingerprint density at radius 3 is 2.78 bits per heavy atom. The monoisotopic (exact) mass is 247 g/mol. The van der Waals surface area contributed by atoms with E-state index in [0.29, 0.717) is 22.8 Å². The zero-order valence-electron chi connectivity index (χ0n) is 9.87. The summed E-state index contributed by atoms with van der Waals surface area (Å²) in [5.74, 6) is 0.196. The van der Waals surface area contributed by atoms with Gasteiger partial charge in [-0.2, -0.15) is 0 Å². The molecule has 2 rings (SSSR count). The minimum absolute atomic E-state index is 0.112. The quantitative estimate of drug-likeness (QED) is 0.751. The predicted molar refractivity (Wildman–Crippen MR) is 63.8 cm³/mol. The molecule has 0 aromatic carbocycles. The van der Waals surface area contributed by atoms with Gasteiger partial charge in [0.1, 0.15) is 12.3 Å². The van der Waals surface area contributed by atoms with E-state index >= 15 is 0 Å². The van der Waals surface area contributed by atoms with Crippen molar-refractivity contribution >= 4 is 5.78 Å². The molecule has 0 saturated carbocycles. The van der Waals surface area contributed by atoms with Crippen LogP contribution in [0.2, 0.25) is 0 Å². The topological polar surface area (TPSA) is 88.2 Å². The van der Waals surface area contributed by atoms with Crippen LogP contribution in [0.15, 0.2) is 24.5 Å². The van der Waals surface area contributed by atoms with Gasteiger partial charge in [0.05, 0.1) is 18.5 Å². The van der Waals surface area contributed by atoms with Crippen molar-refractivity contribution in [2.45, 2.75) is 6.61 Å². The first kappa shape index (κ1) is 12.4. The molecular formula is C12H13N3O3. The van der Waals surface area contributed by atoms with E-state index in [1.807, 2.05) is 0 Å². The van der Waals surface area contributed by atoms with Gasteiger partial charge in [-0.15, -0.1) is 0 Å². The van der Waals surface area contributed by atoms with Gasteiger partial charge in [-0.05, 0) is 12.1 Å². The van der Waals surface area contributed by atoms with Gasteiger partial charge in [-0.1, -0.05) is 0 Å². The molecule has 2 aromatic heterocycles. The van der Waals surface area contributed by atoms with Crippen LogP contribution in [0.5, 0.6) is 0 Å². The van der Waals surface area contributed by atoms with Crippen LogP contribution < -0.4 is 0 Å². The Morgan fingerprint density at radius 1 is 1.39 bits per heavy atom. The number of aromatic nitrogens is 3. The van der Waals surface area contributed by atoms with E-state index in [1.54, 1.807) is 23.9 Å². The molecule has 6 nitrogen and oxygen atoms in total. The third-order valence-corrected chi connectivity index (χ3v) is 2.70. The summed E-state index contributed by atoms with van der Waals surface area (Å²) in [6.45, 7) is -0.648. The SMILES string of the molecule is Cn1c(CO)cnc1-c1cc(C(=O)CO)ccn1. The van der Waals surface area contributed by atoms with E-state index in [-0.39, 0.29) is 12.4 Å². The Kier molecular flexibility index (Phi) is 3.50. The number of carbonyl (C=O) groups is 1. The highest BCUT2D eigenvalue weighted by Crippen LogP contribution is 2.17. The first-order chi connectivity index (χ1) is 8.67. The number of aliphatic hydroxyl groups is 2. The minimum Gasteiger partial charge on any atom is -0.390 e. The number of ketones is 1. The van der Waals surface area contributed by atoms with E-state index in [1.165, 1.54) is 12.3 Å². The highest BCUT2D eigenvalue weighted by atomic mass is 16.3. The maximum atomic E-state index is 11.4. The summed E-state index contributed by atoms with van der Waals surface area (Å²) in [6.07, 6.45) is 3.04. The first-order valence-corrected chi connectivity index (χ1v) is 5.39. The average molecular weight is 247 g/mol. The van der Waals surface area contributed by atoms with Gasteiger partial charge in [-0.3, -0.25) is 9.78 Å². The first-order valence-electron chi connectivity index (χ1n) is 5.39. The number of pyridine rings is 1. The molecule has 94 valence electrons. The van der Waals surface area contributed by atoms with E-state index < -0.39 is 6.61 Å². The van der Waals surface area contributed by atoms with Crippen molar-refractivity contribution in [3.63, 3.8) is 0 Å². The summed E-state index contributed by atoms with van der Waals surface area (Å²) in [5.41, 5.74) is 1.57. The standard InChI is InChI=1S/C12H13N3O3/c1-15-9(6-16)5-14-12(15)10-4-8(2-3-13-10)11(18)7-17/h2-5,16-17H,6-7H2,1H3. The molecule has 0 radical (unpaired) electrons. The Labute approximate surface area is 104 Å². The van der Waals surface area contributed by atoms with Gasteiger partial charge in [0.25, 0.3) is 0 Å². The lowest BCUT2D eigenvalue weighted by molar-refractivity contribution is 0.0903. The second-order valence-corrected chi connectivity index (χ2v) is 3.80. The van der Waals surface area contributed by atoms with Crippen LogP contribution in [0.3, 0.4) is 0 Å². The van der Waals surface area contributed by atoms with Crippen molar-refractivity contribution in [1.82, 2.24) is 14.5 Å². The molecule has 2 N–H and O–H groups in total. The van der Waals surface area contributed by atoms with Crippen molar-refractivity contribution in [1.29, 1.82) is 0 Å². The van der Waals surface area contributed by atoms with Gasteiger partial charge in [0.15, 0.2) is 11.6 Å². The Balaban J connectivity index is 2.44. The molecule has 0 aliphatic heterocycles. The van der Waals surface area contributed by atoms with Crippen molar-refractivity contribution in [2.24, 2.45) is 7.05 Å². The molecule has 0 unspecified atom stereocenters. The molecule has 2 aromatic rings. The molecule has 0 amide bonds. The minimum atomic E-state index is -0.536. The number of nitrogens with zero attached hydrogens (tertiary/aromatic N) is 3. The molecule has 6 heteroatoms. The molecule has 0 spiro atoms. The molecule has 0 fully saturated rings. The van der Waals surface area contributed by atoms with Crippen molar-refractivity contribution in [2.75, 3.05) is 6.61 Å². The molecular weight excluding hydrogens is 234 g/mol. The summed E-state index contributed by atoms with van der Waals surface area (Å²) in [7, 11) is 1.76. The zero-order chi connectivity index (χ0) is 13.1. The van der Waals surface area contributed by atoms with E-state index in [4.69, 9.17) is 10.2 Å². The van der Waals surface area contributed by atoms with Crippen LogP contribution in [0.4, 0.5) is 0 Å². The highest BCUT2D eigenvalue weighted by Gasteiger charge is 2.12. The maximum absolute atomic E-state index is 11.4.